The second-order valence-corrected chi connectivity index (χ2v) is 6.79. The Morgan fingerprint density at radius 1 is 1.35 bits per heavy atom. The van der Waals surface area contributed by atoms with Crippen LogP contribution in [-0.4, -0.2) is 35.8 Å². The molecule has 0 bridgehead atoms. The lowest BCUT2D eigenvalue weighted by atomic mass is 9.98. The fourth-order valence-electron chi connectivity index (χ4n) is 2.86. The van der Waals surface area contributed by atoms with Crippen LogP contribution in [0.25, 0.3) is 0 Å². The average Bonchev–Trinajstić information content (AvgIpc) is 3.00. The molecule has 2 aromatic rings. The van der Waals surface area contributed by atoms with Gasteiger partial charge >= 0.3 is 0 Å². The number of thiophene rings is 1. The second-order valence-electron chi connectivity index (χ2n) is 5.76. The number of aliphatic hydroxyl groups excluding tert-OH is 1. The van der Waals surface area contributed by atoms with Gasteiger partial charge in [-0.15, -0.1) is 11.3 Å². The van der Waals surface area contributed by atoms with Crippen LogP contribution in [-0.2, 0) is 24.3 Å². The predicted octanol–water partition coefficient (Wildman–Crippen LogP) is 2.96. The highest BCUT2D eigenvalue weighted by molar-refractivity contribution is 7.09. The molecule has 23 heavy (non-hydrogen) atoms. The Morgan fingerprint density at radius 2 is 2.22 bits per heavy atom. The summed E-state index contributed by atoms with van der Waals surface area (Å²) in [7, 11) is 0. The minimum atomic E-state index is -0.616. The van der Waals surface area contributed by atoms with Crippen LogP contribution >= 0.6 is 11.3 Å². The monoisotopic (exact) mass is 339 g/mol. The summed E-state index contributed by atoms with van der Waals surface area (Å²) in [6.07, 6.45) is -0.0839. The molecule has 0 radical (unpaired) electrons. The molecule has 1 atom stereocenters. The van der Waals surface area contributed by atoms with Gasteiger partial charge in [-0.05, 0) is 35.1 Å². The smallest absolute Gasteiger partial charge is 0.129 e. The van der Waals surface area contributed by atoms with E-state index in [1.54, 1.807) is 11.3 Å². The first kappa shape index (κ1) is 16.5. The number of benzene rings is 1. The van der Waals surface area contributed by atoms with Gasteiger partial charge in [-0.3, -0.25) is 4.90 Å². The number of hydrogen-bond acceptors (Lipinski definition) is 4. The van der Waals surface area contributed by atoms with Crippen molar-refractivity contribution in [2.24, 2.45) is 0 Å². The van der Waals surface area contributed by atoms with Crippen LogP contribution < -0.4 is 0 Å². The Hall–Kier alpha value is -1.34. The predicted molar refractivity (Wildman–Crippen MR) is 85.3 cm³/mol. The molecule has 6 heteroatoms. The van der Waals surface area contributed by atoms with Gasteiger partial charge in [-0.2, -0.15) is 0 Å². The summed E-state index contributed by atoms with van der Waals surface area (Å²) in [5.41, 5.74) is 1.26. The number of β-amino-alcohol motifs (C(OH)–C–C–N with tert-alkyl or cyclic N) is 1. The second kappa shape index (κ2) is 7.49. The van der Waals surface area contributed by atoms with E-state index in [0.717, 1.165) is 10.9 Å². The van der Waals surface area contributed by atoms with E-state index in [0.29, 0.717) is 43.8 Å². The third-order valence-electron chi connectivity index (χ3n) is 3.93. The maximum absolute atomic E-state index is 13.7. The van der Waals surface area contributed by atoms with Gasteiger partial charge in [0.1, 0.15) is 11.6 Å². The molecule has 0 spiro atoms. The lowest BCUT2D eigenvalue weighted by Gasteiger charge is -2.30. The molecular weight excluding hydrogens is 320 g/mol. The van der Waals surface area contributed by atoms with Crippen molar-refractivity contribution < 1.29 is 18.6 Å². The van der Waals surface area contributed by atoms with E-state index in [-0.39, 0.29) is 6.61 Å². The molecule has 0 amide bonds. The Labute approximate surface area is 138 Å². The molecule has 1 N–H and O–H groups in total. The van der Waals surface area contributed by atoms with E-state index in [2.05, 4.69) is 0 Å². The normalized spacial score (nSPS) is 16.3. The molecule has 0 fully saturated rings. The third kappa shape index (κ3) is 4.35. The van der Waals surface area contributed by atoms with Crippen molar-refractivity contribution in [1.82, 2.24) is 4.90 Å². The van der Waals surface area contributed by atoms with E-state index in [1.165, 1.54) is 6.07 Å². The molecule has 1 aliphatic heterocycles. The highest BCUT2D eigenvalue weighted by atomic mass is 32.1. The topological polar surface area (TPSA) is 32.7 Å². The van der Waals surface area contributed by atoms with Gasteiger partial charge in [-0.1, -0.05) is 6.07 Å². The Balaban J connectivity index is 1.49. The van der Waals surface area contributed by atoms with Crippen molar-refractivity contribution in [3.8, 4) is 0 Å². The van der Waals surface area contributed by atoms with E-state index < -0.39 is 17.7 Å². The van der Waals surface area contributed by atoms with Crippen LogP contribution in [0.15, 0.2) is 29.6 Å². The summed E-state index contributed by atoms with van der Waals surface area (Å²) < 4.78 is 32.5. The summed E-state index contributed by atoms with van der Waals surface area (Å²) in [5.74, 6) is -1.03. The van der Waals surface area contributed by atoms with Crippen LogP contribution in [0.4, 0.5) is 8.78 Å². The number of aliphatic hydroxyl groups is 1. The first-order chi connectivity index (χ1) is 11.1. The summed E-state index contributed by atoms with van der Waals surface area (Å²) in [4.78, 5) is 3.12. The maximum atomic E-state index is 13.7. The van der Waals surface area contributed by atoms with Crippen molar-refractivity contribution in [2.45, 2.75) is 25.7 Å². The van der Waals surface area contributed by atoms with E-state index in [9.17, 15) is 13.9 Å². The van der Waals surface area contributed by atoms with Crippen molar-refractivity contribution in [1.29, 1.82) is 0 Å². The van der Waals surface area contributed by atoms with E-state index >= 15 is 0 Å². The molecule has 1 aromatic carbocycles. The highest BCUT2D eigenvalue weighted by Crippen LogP contribution is 2.23. The van der Waals surface area contributed by atoms with Crippen molar-refractivity contribution in [3.63, 3.8) is 0 Å². The SMILES string of the molecule is OC(COCc1cccs1)CN1CCc2c(F)cc(F)cc2C1. The number of rotatable bonds is 6. The first-order valence-electron chi connectivity index (χ1n) is 7.59. The van der Waals surface area contributed by atoms with Crippen LogP contribution in [0.5, 0.6) is 0 Å². The zero-order valence-electron chi connectivity index (χ0n) is 12.7. The van der Waals surface area contributed by atoms with Gasteiger partial charge in [0.15, 0.2) is 0 Å². The fourth-order valence-corrected chi connectivity index (χ4v) is 3.50. The first-order valence-corrected chi connectivity index (χ1v) is 8.47. The summed E-state index contributed by atoms with van der Waals surface area (Å²) in [6.45, 7) is 2.28. The van der Waals surface area contributed by atoms with Gasteiger partial charge in [0.2, 0.25) is 0 Å². The van der Waals surface area contributed by atoms with E-state index in [4.69, 9.17) is 4.74 Å². The maximum Gasteiger partial charge on any atom is 0.129 e. The molecule has 3 rings (SSSR count). The Morgan fingerprint density at radius 3 is 3.00 bits per heavy atom. The number of fused-ring (bicyclic) bond motifs is 1. The number of halogens is 2. The highest BCUT2D eigenvalue weighted by Gasteiger charge is 2.22. The van der Waals surface area contributed by atoms with Gasteiger partial charge in [0.05, 0.1) is 19.3 Å². The van der Waals surface area contributed by atoms with Crippen LogP contribution in [0.2, 0.25) is 0 Å². The van der Waals surface area contributed by atoms with Gasteiger partial charge in [0.25, 0.3) is 0 Å². The standard InChI is InChI=1S/C17H19F2NO2S/c18-13-6-12-8-20(4-3-16(12)17(19)7-13)9-14(21)10-22-11-15-2-1-5-23-15/h1-2,5-7,14,21H,3-4,8-11H2. The largest absolute Gasteiger partial charge is 0.389 e. The number of nitrogens with zero attached hydrogens (tertiary/aromatic N) is 1. The minimum Gasteiger partial charge on any atom is -0.389 e. The minimum absolute atomic E-state index is 0.249. The summed E-state index contributed by atoms with van der Waals surface area (Å²) >= 11 is 1.62. The van der Waals surface area contributed by atoms with Crippen molar-refractivity contribution in [3.05, 3.63) is 57.3 Å². The lowest BCUT2D eigenvalue weighted by Crippen LogP contribution is -2.38. The molecule has 0 saturated heterocycles. The molecule has 0 saturated carbocycles. The Bertz CT molecular complexity index is 648. The molecular formula is C17H19F2NO2S. The number of ether oxygens (including phenoxy) is 1. The van der Waals surface area contributed by atoms with Gasteiger partial charge in [-0.25, -0.2) is 8.78 Å². The lowest BCUT2D eigenvalue weighted by molar-refractivity contribution is 0.00840. The molecule has 3 nitrogen and oxygen atoms in total. The third-order valence-corrected chi connectivity index (χ3v) is 4.78. The molecule has 124 valence electrons. The number of hydrogen-bond donors (Lipinski definition) is 1. The zero-order valence-corrected chi connectivity index (χ0v) is 13.5. The molecule has 2 heterocycles. The van der Waals surface area contributed by atoms with Crippen LogP contribution in [0.1, 0.15) is 16.0 Å². The van der Waals surface area contributed by atoms with Gasteiger partial charge < -0.3 is 9.84 Å². The van der Waals surface area contributed by atoms with Crippen molar-refractivity contribution in [2.75, 3.05) is 19.7 Å². The van der Waals surface area contributed by atoms with Crippen LogP contribution in [0, 0.1) is 11.6 Å². The zero-order chi connectivity index (χ0) is 16.2. The quantitative estimate of drug-likeness (QED) is 0.878. The Kier molecular flexibility index (Phi) is 5.38. The summed E-state index contributed by atoms with van der Waals surface area (Å²) in [6, 6.07) is 6.26. The average molecular weight is 339 g/mol. The molecule has 1 aliphatic rings. The van der Waals surface area contributed by atoms with Gasteiger partial charge in [0, 0.05) is 30.6 Å². The summed E-state index contributed by atoms with van der Waals surface area (Å²) in [5, 5.41) is 12.1. The fraction of sp³-hybridized carbons (Fsp3) is 0.412. The van der Waals surface area contributed by atoms with Crippen LogP contribution in [0.3, 0.4) is 0 Å². The van der Waals surface area contributed by atoms with E-state index in [1.807, 2.05) is 22.4 Å². The molecule has 1 aromatic heterocycles. The molecule has 0 aliphatic carbocycles. The van der Waals surface area contributed by atoms with Crippen molar-refractivity contribution >= 4 is 11.3 Å². The molecule has 1 unspecified atom stereocenters.